The molecule has 0 saturated heterocycles. The SMILES string of the molecule is Cc1c(O)ccc(C(F)F)c1Cl. The second-order valence-corrected chi connectivity index (χ2v) is 2.79. The van der Waals surface area contributed by atoms with Crippen molar-refractivity contribution in [1.82, 2.24) is 0 Å². The van der Waals surface area contributed by atoms with Crippen LogP contribution in [0.4, 0.5) is 8.78 Å². The van der Waals surface area contributed by atoms with Crippen LogP contribution in [0, 0.1) is 6.92 Å². The molecule has 0 atom stereocenters. The Hall–Kier alpha value is -0.830. The predicted octanol–water partition coefficient (Wildman–Crippen LogP) is 3.29. The zero-order valence-electron chi connectivity index (χ0n) is 6.31. The monoisotopic (exact) mass is 192 g/mol. The van der Waals surface area contributed by atoms with Gasteiger partial charge in [0, 0.05) is 11.1 Å². The average Bonchev–Trinajstić information content (AvgIpc) is 2.00. The first kappa shape index (κ1) is 9.26. The van der Waals surface area contributed by atoms with Gasteiger partial charge in [-0.15, -0.1) is 0 Å². The Morgan fingerprint density at radius 1 is 1.42 bits per heavy atom. The topological polar surface area (TPSA) is 20.2 Å². The Morgan fingerprint density at radius 2 is 2.00 bits per heavy atom. The molecule has 0 heterocycles. The van der Waals surface area contributed by atoms with Gasteiger partial charge < -0.3 is 5.11 Å². The van der Waals surface area contributed by atoms with Crippen LogP contribution in [0.25, 0.3) is 0 Å². The van der Waals surface area contributed by atoms with Crippen LogP contribution in [-0.4, -0.2) is 5.11 Å². The van der Waals surface area contributed by atoms with Gasteiger partial charge in [0.15, 0.2) is 0 Å². The summed E-state index contributed by atoms with van der Waals surface area (Å²) in [7, 11) is 0. The Morgan fingerprint density at radius 3 is 2.50 bits per heavy atom. The van der Waals surface area contributed by atoms with Gasteiger partial charge in [-0.2, -0.15) is 0 Å². The van der Waals surface area contributed by atoms with Crippen molar-refractivity contribution in [3.8, 4) is 5.75 Å². The first-order chi connectivity index (χ1) is 5.54. The molecule has 1 aromatic carbocycles. The fourth-order valence-corrected chi connectivity index (χ4v) is 1.11. The van der Waals surface area contributed by atoms with Crippen LogP contribution in [-0.2, 0) is 0 Å². The number of hydrogen-bond donors (Lipinski definition) is 1. The van der Waals surface area contributed by atoms with Gasteiger partial charge >= 0.3 is 0 Å². The van der Waals surface area contributed by atoms with Crippen molar-refractivity contribution in [2.24, 2.45) is 0 Å². The summed E-state index contributed by atoms with van der Waals surface area (Å²) in [5, 5.41) is 9.01. The molecule has 12 heavy (non-hydrogen) atoms. The largest absolute Gasteiger partial charge is 0.508 e. The summed E-state index contributed by atoms with van der Waals surface area (Å²) in [4.78, 5) is 0. The number of phenolic OH excluding ortho intramolecular Hbond substituents is 1. The molecule has 1 N–H and O–H groups in total. The number of aromatic hydroxyl groups is 1. The molecule has 0 fully saturated rings. The van der Waals surface area contributed by atoms with E-state index in [1.807, 2.05) is 0 Å². The molecule has 0 amide bonds. The molecule has 0 aliphatic rings. The minimum Gasteiger partial charge on any atom is -0.508 e. The molecule has 0 aliphatic carbocycles. The molecular weight excluding hydrogens is 186 g/mol. The highest BCUT2D eigenvalue weighted by molar-refractivity contribution is 6.32. The Balaban J connectivity index is 3.27. The molecule has 1 rings (SSSR count). The van der Waals surface area contributed by atoms with Crippen molar-refractivity contribution >= 4 is 11.6 Å². The maximum Gasteiger partial charge on any atom is 0.265 e. The third-order valence-corrected chi connectivity index (χ3v) is 2.12. The van der Waals surface area contributed by atoms with E-state index in [2.05, 4.69) is 0 Å². The van der Waals surface area contributed by atoms with Gasteiger partial charge in [-0.05, 0) is 19.1 Å². The van der Waals surface area contributed by atoms with Gasteiger partial charge in [-0.1, -0.05) is 11.6 Å². The minimum absolute atomic E-state index is 0.0648. The summed E-state index contributed by atoms with van der Waals surface area (Å²) in [6.07, 6.45) is -2.60. The highest BCUT2D eigenvalue weighted by Crippen LogP contribution is 2.33. The normalized spacial score (nSPS) is 10.8. The Labute approximate surface area is 73.6 Å². The molecule has 0 bridgehead atoms. The minimum atomic E-state index is -2.60. The van der Waals surface area contributed by atoms with Crippen LogP contribution in [0.2, 0.25) is 5.02 Å². The van der Waals surface area contributed by atoms with Crippen LogP contribution < -0.4 is 0 Å². The lowest BCUT2D eigenvalue weighted by Gasteiger charge is -2.06. The quantitative estimate of drug-likeness (QED) is 0.724. The van der Waals surface area contributed by atoms with E-state index in [4.69, 9.17) is 16.7 Å². The van der Waals surface area contributed by atoms with Crippen LogP contribution in [0.1, 0.15) is 17.6 Å². The molecule has 0 aromatic heterocycles. The molecule has 0 unspecified atom stereocenters. The summed E-state index contributed by atoms with van der Waals surface area (Å²) in [5.41, 5.74) is 0.0430. The van der Waals surface area contributed by atoms with E-state index >= 15 is 0 Å². The van der Waals surface area contributed by atoms with E-state index < -0.39 is 6.43 Å². The van der Waals surface area contributed by atoms with Crippen LogP contribution >= 0.6 is 11.6 Å². The molecule has 1 aromatic rings. The van der Waals surface area contributed by atoms with Crippen LogP contribution in [0.5, 0.6) is 5.75 Å². The zero-order chi connectivity index (χ0) is 9.30. The van der Waals surface area contributed by atoms with Crippen molar-refractivity contribution in [3.63, 3.8) is 0 Å². The smallest absolute Gasteiger partial charge is 0.265 e. The first-order valence-electron chi connectivity index (χ1n) is 3.30. The number of phenols is 1. The predicted molar refractivity (Wildman–Crippen MR) is 42.8 cm³/mol. The standard InChI is InChI=1S/C8H7ClF2O/c1-4-6(12)3-2-5(7(4)9)8(10)11/h2-3,8,12H,1H3. The molecular formula is C8H7ClF2O. The number of halogens is 3. The molecule has 66 valence electrons. The van der Waals surface area contributed by atoms with E-state index in [1.54, 1.807) is 0 Å². The maximum atomic E-state index is 12.2. The first-order valence-corrected chi connectivity index (χ1v) is 3.68. The summed E-state index contributed by atoms with van der Waals surface area (Å²) >= 11 is 5.55. The third kappa shape index (κ3) is 1.50. The van der Waals surface area contributed by atoms with E-state index in [0.29, 0.717) is 0 Å². The van der Waals surface area contributed by atoms with Gasteiger partial charge in [0.2, 0.25) is 0 Å². The Kier molecular flexibility index (Phi) is 2.52. The maximum absolute atomic E-state index is 12.2. The number of rotatable bonds is 1. The lowest BCUT2D eigenvalue weighted by Crippen LogP contribution is -1.88. The molecule has 0 aliphatic heterocycles. The average molecular weight is 193 g/mol. The van der Waals surface area contributed by atoms with Gasteiger partial charge in [0.25, 0.3) is 6.43 Å². The van der Waals surface area contributed by atoms with Crippen molar-refractivity contribution in [2.45, 2.75) is 13.3 Å². The van der Waals surface area contributed by atoms with E-state index in [9.17, 15) is 8.78 Å². The fraction of sp³-hybridized carbons (Fsp3) is 0.250. The van der Waals surface area contributed by atoms with Crippen LogP contribution in [0.3, 0.4) is 0 Å². The second kappa shape index (κ2) is 3.27. The number of hydrogen-bond acceptors (Lipinski definition) is 1. The third-order valence-electron chi connectivity index (χ3n) is 1.62. The lowest BCUT2D eigenvalue weighted by atomic mass is 10.1. The number of benzene rings is 1. The molecule has 4 heteroatoms. The van der Waals surface area contributed by atoms with Gasteiger partial charge in [0.05, 0.1) is 5.02 Å². The highest BCUT2D eigenvalue weighted by Gasteiger charge is 2.14. The summed E-state index contributed by atoms with van der Waals surface area (Å²) in [6.45, 7) is 1.49. The highest BCUT2D eigenvalue weighted by atomic mass is 35.5. The fourth-order valence-electron chi connectivity index (χ4n) is 0.864. The summed E-state index contributed by atoms with van der Waals surface area (Å²) in [6, 6.07) is 2.33. The van der Waals surface area contributed by atoms with E-state index in [-0.39, 0.29) is 21.9 Å². The van der Waals surface area contributed by atoms with Crippen molar-refractivity contribution in [1.29, 1.82) is 0 Å². The van der Waals surface area contributed by atoms with E-state index in [1.165, 1.54) is 13.0 Å². The zero-order valence-corrected chi connectivity index (χ0v) is 7.07. The van der Waals surface area contributed by atoms with Gasteiger partial charge in [0.1, 0.15) is 5.75 Å². The van der Waals surface area contributed by atoms with Gasteiger partial charge in [-0.25, -0.2) is 8.78 Å². The summed E-state index contributed by atoms with van der Waals surface area (Å²) < 4.78 is 24.3. The van der Waals surface area contributed by atoms with E-state index in [0.717, 1.165) is 6.07 Å². The van der Waals surface area contributed by atoms with Gasteiger partial charge in [-0.3, -0.25) is 0 Å². The number of alkyl halides is 2. The van der Waals surface area contributed by atoms with Crippen molar-refractivity contribution in [3.05, 3.63) is 28.3 Å². The molecule has 0 saturated carbocycles. The van der Waals surface area contributed by atoms with Crippen molar-refractivity contribution in [2.75, 3.05) is 0 Å². The van der Waals surface area contributed by atoms with Crippen molar-refractivity contribution < 1.29 is 13.9 Å². The van der Waals surface area contributed by atoms with Crippen LogP contribution in [0.15, 0.2) is 12.1 Å². The molecule has 1 nitrogen and oxygen atoms in total. The summed E-state index contributed by atoms with van der Waals surface area (Å²) in [5.74, 6) is -0.0654. The second-order valence-electron chi connectivity index (χ2n) is 2.41. The lowest BCUT2D eigenvalue weighted by molar-refractivity contribution is 0.151. The molecule has 0 radical (unpaired) electrons. The molecule has 0 spiro atoms. The Bertz CT molecular complexity index is 299.